The van der Waals surface area contributed by atoms with E-state index in [1.54, 1.807) is 0 Å². The van der Waals surface area contributed by atoms with E-state index in [9.17, 15) is 19.5 Å². The summed E-state index contributed by atoms with van der Waals surface area (Å²) in [5.74, 6) is 0.992. The number of hydrogen-bond acceptors (Lipinski definition) is 7. The van der Waals surface area contributed by atoms with Crippen molar-refractivity contribution in [1.29, 1.82) is 0 Å². The Balaban J connectivity index is 1.62. The van der Waals surface area contributed by atoms with Crippen molar-refractivity contribution in [3.8, 4) is 0 Å². The Morgan fingerprint density at radius 3 is 2.49 bits per heavy atom. The second kappa shape index (κ2) is 12.3. The van der Waals surface area contributed by atoms with E-state index in [0.717, 1.165) is 44.9 Å². The maximum atomic E-state index is 12.9. The average Bonchev–Trinajstić information content (AvgIpc) is 3.25. The summed E-state index contributed by atoms with van der Waals surface area (Å²) in [5, 5.41) is 15.4. The fraction of sp³-hybridized carbons (Fsp3) is 0.900. The molecule has 1 amide bonds. The number of carbonyl (C=O) groups excluding carboxylic acids is 3. The first-order valence-corrected chi connectivity index (χ1v) is 16.0. The van der Waals surface area contributed by atoms with E-state index in [1.807, 2.05) is 0 Å². The molecule has 4 aliphatic carbocycles. The van der Waals surface area contributed by atoms with Crippen molar-refractivity contribution in [2.75, 3.05) is 19.0 Å². The number of fused-ring (bicyclic) bond motifs is 5. The number of hydrogen-bond donors (Lipinski definition) is 2. The van der Waals surface area contributed by atoms with Gasteiger partial charge in [0.1, 0.15) is 12.2 Å². The molecule has 222 valence electrons. The van der Waals surface area contributed by atoms with Gasteiger partial charge in [-0.15, -0.1) is 0 Å². The third kappa shape index (κ3) is 5.86. The summed E-state index contributed by atoms with van der Waals surface area (Å²) < 4.78 is 16.8. The molecule has 11 atom stereocenters. The third-order valence-electron chi connectivity index (χ3n) is 11.5. The quantitative estimate of drug-likeness (QED) is 0.219. The first kappa shape index (κ1) is 30.6. The van der Waals surface area contributed by atoms with E-state index >= 15 is 0 Å². The molecule has 0 heterocycles. The molecule has 0 unspecified atom stereocenters. The minimum atomic E-state index is -0.457. The molecule has 0 aromatic heterocycles. The van der Waals surface area contributed by atoms with Crippen LogP contribution in [0.5, 0.6) is 0 Å². The second-order valence-corrected chi connectivity index (χ2v) is 14.0. The van der Waals surface area contributed by atoms with Crippen molar-refractivity contribution < 1.29 is 33.7 Å². The van der Waals surface area contributed by atoms with Crippen molar-refractivity contribution in [3.63, 3.8) is 0 Å². The highest BCUT2D eigenvalue weighted by atomic mass is 79.9. The summed E-state index contributed by atoms with van der Waals surface area (Å²) >= 11 is 3.37. The van der Waals surface area contributed by atoms with Crippen LogP contribution in [-0.4, -0.2) is 60.4 Å². The zero-order valence-electron chi connectivity index (χ0n) is 24.2. The summed E-state index contributed by atoms with van der Waals surface area (Å²) in [6, 6.07) is 0. The number of alkyl carbamates (subject to hydrolysis) is 1. The van der Waals surface area contributed by atoms with Gasteiger partial charge >= 0.3 is 18.0 Å². The Hall–Kier alpha value is -1.35. The number of nitrogens with one attached hydrogen (secondary N) is 1. The molecule has 0 spiro atoms. The molecular weight excluding hydrogens is 566 g/mol. The predicted octanol–water partition coefficient (Wildman–Crippen LogP) is 5.24. The van der Waals surface area contributed by atoms with Crippen LogP contribution in [0.15, 0.2) is 0 Å². The standard InChI is InChI=1S/C30H48BrNO7/c1-17(6-9-26(35)37-5)21-7-8-22-27-23(16-25(34)30(21,22)4)29(3)11-10-20(38-18(2)33)14-19(29)15-24(27)39-28(36)32-13-12-31/h17,19-25,27,34H,6-16H2,1-5H3,(H,32,36)/t17-,19+,20-,21-,22+,23+,24-,25+,27+,29+,30-/m1/s1. The number of esters is 2. The number of aliphatic hydroxyl groups is 1. The van der Waals surface area contributed by atoms with E-state index in [4.69, 9.17) is 14.2 Å². The van der Waals surface area contributed by atoms with Gasteiger partial charge in [-0.3, -0.25) is 9.59 Å². The molecule has 0 aromatic rings. The number of halogens is 1. The summed E-state index contributed by atoms with van der Waals surface area (Å²) in [5.41, 5.74) is -0.312. The fourth-order valence-corrected chi connectivity index (χ4v) is 9.73. The minimum absolute atomic E-state index is 0.00952. The predicted molar refractivity (Wildman–Crippen MR) is 150 cm³/mol. The number of carbonyl (C=O) groups is 3. The lowest BCUT2D eigenvalue weighted by Gasteiger charge is -2.63. The van der Waals surface area contributed by atoms with Crippen molar-refractivity contribution >= 4 is 34.0 Å². The SMILES string of the molecule is COC(=O)CC[C@@H](C)[C@H]1CC[C@H]2[C@@H]3[C@H](OC(=O)NCCBr)C[C@@H]4C[C@H](OC(C)=O)CC[C@]4(C)[C@H]3C[C@H](O)[C@]12C. The fourth-order valence-electron chi connectivity index (χ4n) is 9.53. The lowest BCUT2D eigenvalue weighted by Crippen LogP contribution is -2.63. The first-order valence-electron chi connectivity index (χ1n) is 14.9. The molecule has 9 heteroatoms. The first-order chi connectivity index (χ1) is 18.4. The Kier molecular flexibility index (Phi) is 9.62. The van der Waals surface area contributed by atoms with Crippen LogP contribution in [0.1, 0.15) is 85.5 Å². The summed E-state index contributed by atoms with van der Waals surface area (Å²) in [6.45, 7) is 8.77. The van der Waals surface area contributed by atoms with Crippen LogP contribution in [0.3, 0.4) is 0 Å². The maximum absolute atomic E-state index is 12.9. The van der Waals surface area contributed by atoms with Crippen LogP contribution in [0.25, 0.3) is 0 Å². The van der Waals surface area contributed by atoms with E-state index in [0.29, 0.717) is 24.7 Å². The van der Waals surface area contributed by atoms with Crippen molar-refractivity contribution in [1.82, 2.24) is 5.32 Å². The van der Waals surface area contributed by atoms with Crippen LogP contribution >= 0.6 is 15.9 Å². The van der Waals surface area contributed by atoms with Gasteiger partial charge in [-0.25, -0.2) is 4.79 Å². The van der Waals surface area contributed by atoms with Crippen LogP contribution < -0.4 is 5.32 Å². The van der Waals surface area contributed by atoms with Crippen LogP contribution in [0.2, 0.25) is 0 Å². The maximum Gasteiger partial charge on any atom is 0.407 e. The molecule has 0 aromatic carbocycles. The Morgan fingerprint density at radius 1 is 1.08 bits per heavy atom. The number of alkyl halides is 1. The Bertz CT molecular complexity index is 916. The molecule has 0 radical (unpaired) electrons. The van der Waals surface area contributed by atoms with Crippen LogP contribution in [0.4, 0.5) is 4.79 Å². The zero-order valence-corrected chi connectivity index (χ0v) is 25.8. The second-order valence-electron chi connectivity index (χ2n) is 13.2. The number of aliphatic hydroxyl groups excluding tert-OH is 1. The van der Waals surface area contributed by atoms with Gasteiger partial charge < -0.3 is 24.6 Å². The molecule has 2 N–H and O–H groups in total. The van der Waals surface area contributed by atoms with Gasteiger partial charge in [-0.1, -0.05) is 36.7 Å². The highest BCUT2D eigenvalue weighted by molar-refractivity contribution is 9.09. The molecule has 8 nitrogen and oxygen atoms in total. The molecule has 4 rings (SSSR count). The number of methoxy groups -OCH3 is 1. The van der Waals surface area contributed by atoms with Gasteiger partial charge in [0.15, 0.2) is 0 Å². The molecule has 0 bridgehead atoms. The average molecular weight is 615 g/mol. The van der Waals surface area contributed by atoms with Gasteiger partial charge in [0.05, 0.1) is 13.2 Å². The highest BCUT2D eigenvalue weighted by Gasteiger charge is 2.66. The van der Waals surface area contributed by atoms with E-state index < -0.39 is 6.10 Å². The van der Waals surface area contributed by atoms with E-state index in [-0.39, 0.29) is 76.6 Å². The van der Waals surface area contributed by atoms with Crippen LogP contribution in [0, 0.1) is 46.3 Å². The number of amides is 1. The summed E-state index contributed by atoms with van der Waals surface area (Å²) in [7, 11) is 1.43. The molecule has 0 aliphatic heterocycles. The zero-order chi connectivity index (χ0) is 28.5. The molecule has 4 aliphatic rings. The molecule has 0 saturated heterocycles. The Morgan fingerprint density at radius 2 is 1.82 bits per heavy atom. The summed E-state index contributed by atoms with van der Waals surface area (Å²) in [6.07, 6.45) is 5.90. The summed E-state index contributed by atoms with van der Waals surface area (Å²) in [4.78, 5) is 36.4. The third-order valence-corrected chi connectivity index (χ3v) is 11.9. The normalized spacial score (nSPS) is 41.8. The van der Waals surface area contributed by atoms with Crippen molar-refractivity contribution in [2.24, 2.45) is 46.3 Å². The molecular formula is C30H48BrNO7. The smallest absolute Gasteiger partial charge is 0.407 e. The lowest BCUT2D eigenvalue weighted by molar-refractivity contribution is -0.209. The molecule has 39 heavy (non-hydrogen) atoms. The number of ether oxygens (including phenoxy) is 3. The van der Waals surface area contributed by atoms with Gasteiger partial charge in [-0.2, -0.15) is 0 Å². The van der Waals surface area contributed by atoms with Crippen LogP contribution in [-0.2, 0) is 23.8 Å². The van der Waals surface area contributed by atoms with Gasteiger partial charge in [-0.05, 0) is 91.8 Å². The largest absolute Gasteiger partial charge is 0.469 e. The van der Waals surface area contributed by atoms with Gasteiger partial charge in [0.25, 0.3) is 0 Å². The topological polar surface area (TPSA) is 111 Å². The molecule has 4 saturated carbocycles. The van der Waals surface area contributed by atoms with Gasteiger partial charge in [0.2, 0.25) is 0 Å². The van der Waals surface area contributed by atoms with Crippen molar-refractivity contribution in [2.45, 2.75) is 104 Å². The lowest BCUT2D eigenvalue weighted by atomic mass is 9.43. The van der Waals surface area contributed by atoms with E-state index in [1.165, 1.54) is 14.0 Å². The number of rotatable bonds is 8. The van der Waals surface area contributed by atoms with Gasteiger partial charge in [0, 0.05) is 31.1 Å². The monoisotopic (exact) mass is 613 g/mol. The Labute approximate surface area is 241 Å². The highest BCUT2D eigenvalue weighted by Crippen LogP contribution is 2.68. The van der Waals surface area contributed by atoms with E-state index in [2.05, 4.69) is 42.0 Å². The molecule has 4 fully saturated rings. The minimum Gasteiger partial charge on any atom is -0.469 e. The van der Waals surface area contributed by atoms with Crippen molar-refractivity contribution in [3.05, 3.63) is 0 Å².